The molecule has 3 aromatic rings. The Bertz CT molecular complexity index is 961. The zero-order chi connectivity index (χ0) is 19.9. The number of nitrogens with zero attached hydrogens (tertiary/aromatic N) is 4. The van der Waals surface area contributed by atoms with E-state index in [4.69, 9.17) is 15.2 Å². The molecule has 0 radical (unpaired) electrons. The van der Waals surface area contributed by atoms with E-state index in [-0.39, 0.29) is 12.4 Å². The molecule has 1 aromatic carbocycles. The van der Waals surface area contributed by atoms with Gasteiger partial charge in [0.15, 0.2) is 17.7 Å². The van der Waals surface area contributed by atoms with Crippen LogP contribution in [0.2, 0.25) is 0 Å². The number of nitrogen functional groups attached to an aromatic ring is 1. The van der Waals surface area contributed by atoms with Gasteiger partial charge in [0.25, 0.3) is 0 Å². The molecule has 0 bridgehead atoms. The van der Waals surface area contributed by atoms with Crippen LogP contribution in [0.4, 0.5) is 5.82 Å². The van der Waals surface area contributed by atoms with Gasteiger partial charge in [0.2, 0.25) is 0 Å². The summed E-state index contributed by atoms with van der Waals surface area (Å²) in [6, 6.07) is 9.78. The summed E-state index contributed by atoms with van der Waals surface area (Å²) in [4.78, 5) is 12.2. The highest BCUT2D eigenvalue weighted by atomic mass is 16.6. The van der Waals surface area contributed by atoms with Crippen molar-refractivity contribution in [1.29, 1.82) is 0 Å². The summed E-state index contributed by atoms with van der Waals surface area (Å²) in [5.74, 6) is 0.237. The zero-order valence-corrected chi connectivity index (χ0v) is 15.6. The second-order valence-corrected chi connectivity index (χ2v) is 7.32. The normalized spacial score (nSPS) is 25.4. The number of ether oxygens (including phenoxy) is 2. The first kappa shape index (κ1) is 18.8. The first-order valence-corrected chi connectivity index (χ1v) is 9.02. The molecule has 0 aliphatic carbocycles. The molecule has 9 heteroatoms. The van der Waals surface area contributed by atoms with Gasteiger partial charge in [-0.1, -0.05) is 30.3 Å². The second-order valence-electron chi connectivity index (χ2n) is 7.32. The maximum atomic E-state index is 10.5. The van der Waals surface area contributed by atoms with Crippen LogP contribution in [0.25, 0.3) is 11.2 Å². The highest BCUT2D eigenvalue weighted by molar-refractivity contribution is 5.81. The zero-order valence-electron chi connectivity index (χ0n) is 15.6. The number of hydrogen-bond acceptors (Lipinski definition) is 8. The van der Waals surface area contributed by atoms with Gasteiger partial charge in [-0.3, -0.25) is 4.57 Å². The highest BCUT2D eigenvalue weighted by Gasteiger charge is 2.45. The van der Waals surface area contributed by atoms with Gasteiger partial charge in [0, 0.05) is 0 Å². The van der Waals surface area contributed by atoms with Gasteiger partial charge in [0.1, 0.15) is 30.2 Å². The lowest BCUT2D eigenvalue weighted by atomic mass is 9.98. The largest absolute Gasteiger partial charge is 0.387 e. The molecular formula is C19H23N5O4. The van der Waals surface area contributed by atoms with Gasteiger partial charge in [-0.15, -0.1) is 0 Å². The third-order valence-electron chi connectivity index (χ3n) is 5.08. The van der Waals surface area contributed by atoms with Gasteiger partial charge in [-0.2, -0.15) is 0 Å². The molecule has 28 heavy (non-hydrogen) atoms. The van der Waals surface area contributed by atoms with E-state index in [1.807, 2.05) is 44.2 Å². The first-order valence-electron chi connectivity index (χ1n) is 9.02. The van der Waals surface area contributed by atoms with E-state index in [9.17, 15) is 10.2 Å². The Morgan fingerprint density at radius 3 is 2.64 bits per heavy atom. The van der Waals surface area contributed by atoms with E-state index in [2.05, 4.69) is 15.0 Å². The van der Waals surface area contributed by atoms with Crippen LogP contribution in [0.5, 0.6) is 0 Å². The smallest absolute Gasteiger partial charge is 0.167 e. The van der Waals surface area contributed by atoms with Gasteiger partial charge < -0.3 is 25.4 Å². The molecule has 0 unspecified atom stereocenters. The number of aliphatic hydroxyl groups excluding tert-OH is 2. The van der Waals surface area contributed by atoms with E-state index in [0.29, 0.717) is 11.2 Å². The van der Waals surface area contributed by atoms with E-state index in [0.717, 1.165) is 5.56 Å². The minimum Gasteiger partial charge on any atom is -0.387 e. The van der Waals surface area contributed by atoms with Crippen LogP contribution >= 0.6 is 0 Å². The van der Waals surface area contributed by atoms with E-state index >= 15 is 0 Å². The van der Waals surface area contributed by atoms with Crippen LogP contribution in [0.3, 0.4) is 0 Å². The number of benzene rings is 1. The number of aromatic nitrogens is 4. The molecule has 1 aliphatic rings. The fourth-order valence-corrected chi connectivity index (χ4v) is 3.37. The molecule has 4 N–H and O–H groups in total. The minimum atomic E-state index is -1.16. The van der Waals surface area contributed by atoms with Gasteiger partial charge in [-0.25, -0.2) is 15.0 Å². The number of aliphatic hydroxyl groups is 2. The molecular weight excluding hydrogens is 362 g/mol. The van der Waals surface area contributed by atoms with Crippen LogP contribution in [-0.4, -0.2) is 54.7 Å². The van der Waals surface area contributed by atoms with Crippen LogP contribution in [0.15, 0.2) is 43.0 Å². The summed E-state index contributed by atoms with van der Waals surface area (Å²) >= 11 is 0. The first-order chi connectivity index (χ1) is 13.4. The Hall–Kier alpha value is -2.59. The molecule has 4 rings (SSSR count). The molecule has 1 fully saturated rings. The summed E-state index contributed by atoms with van der Waals surface area (Å²) < 4.78 is 13.5. The molecule has 9 nitrogen and oxygen atoms in total. The van der Waals surface area contributed by atoms with E-state index in [1.165, 1.54) is 12.7 Å². The summed E-state index contributed by atoms with van der Waals surface area (Å²) in [7, 11) is 0. The number of anilines is 1. The summed E-state index contributed by atoms with van der Waals surface area (Å²) in [6.07, 6.45) is -1.07. The maximum absolute atomic E-state index is 10.5. The van der Waals surface area contributed by atoms with Crippen molar-refractivity contribution in [2.45, 2.75) is 44.0 Å². The van der Waals surface area contributed by atoms with Crippen LogP contribution < -0.4 is 5.73 Å². The molecule has 4 atom stereocenters. The van der Waals surface area contributed by atoms with Gasteiger partial charge in [-0.05, 0) is 19.4 Å². The lowest BCUT2D eigenvalue weighted by Gasteiger charge is -2.28. The van der Waals surface area contributed by atoms with Crippen molar-refractivity contribution in [1.82, 2.24) is 19.5 Å². The minimum absolute atomic E-state index is 0.111. The van der Waals surface area contributed by atoms with E-state index < -0.39 is 30.1 Å². The number of nitrogens with two attached hydrogens (primary N) is 1. The Morgan fingerprint density at radius 2 is 1.89 bits per heavy atom. The summed E-state index contributed by atoms with van der Waals surface area (Å²) in [5, 5.41) is 21.0. The standard InChI is InChI=1S/C19H23N5O4/c1-19(2,11-6-4-3-5-7-11)27-8-12-14(25)15(26)18(28-12)24-10-23-13-16(20)21-9-22-17(13)24/h3-7,9-10,12,14-15,18,25-26H,8H2,1-2H3,(H2,20,21,22)/t12-,14-,15-,18-/m1/s1. The molecule has 1 aliphatic heterocycles. The third kappa shape index (κ3) is 3.22. The van der Waals surface area contributed by atoms with Crippen molar-refractivity contribution in [3.8, 4) is 0 Å². The number of imidazole rings is 1. The number of rotatable bonds is 5. The highest BCUT2D eigenvalue weighted by Crippen LogP contribution is 2.33. The average molecular weight is 385 g/mol. The van der Waals surface area contributed by atoms with Crippen molar-refractivity contribution in [2.75, 3.05) is 12.3 Å². The van der Waals surface area contributed by atoms with Crippen LogP contribution in [-0.2, 0) is 15.1 Å². The SMILES string of the molecule is CC(C)(OC[C@H]1O[C@@H](n2cnc3c(N)ncnc32)[C@H](O)[C@@H]1O)c1ccccc1. The molecule has 0 amide bonds. The van der Waals surface area contributed by atoms with Gasteiger partial charge >= 0.3 is 0 Å². The van der Waals surface area contributed by atoms with Crippen molar-refractivity contribution in [3.05, 3.63) is 48.5 Å². The average Bonchev–Trinajstić information content (AvgIpc) is 3.24. The number of fused-ring (bicyclic) bond motifs is 1. The Labute approximate surface area is 161 Å². The monoisotopic (exact) mass is 385 g/mol. The fourth-order valence-electron chi connectivity index (χ4n) is 3.37. The maximum Gasteiger partial charge on any atom is 0.167 e. The molecule has 1 saturated heterocycles. The third-order valence-corrected chi connectivity index (χ3v) is 5.08. The molecule has 3 heterocycles. The summed E-state index contributed by atoms with van der Waals surface area (Å²) in [5.41, 5.74) is 7.08. The predicted octanol–water partition coefficient (Wildman–Crippen LogP) is 0.980. The van der Waals surface area contributed by atoms with Crippen molar-refractivity contribution in [2.24, 2.45) is 0 Å². The second kappa shape index (κ2) is 7.10. The molecule has 2 aromatic heterocycles. The number of hydrogen-bond donors (Lipinski definition) is 3. The van der Waals surface area contributed by atoms with Gasteiger partial charge in [0.05, 0.1) is 18.5 Å². The van der Waals surface area contributed by atoms with E-state index in [1.54, 1.807) is 4.57 Å². The van der Waals surface area contributed by atoms with Crippen LogP contribution in [0.1, 0.15) is 25.6 Å². The molecule has 148 valence electrons. The lowest BCUT2D eigenvalue weighted by Crippen LogP contribution is -2.36. The Morgan fingerprint density at radius 1 is 1.14 bits per heavy atom. The topological polar surface area (TPSA) is 129 Å². The molecule has 0 saturated carbocycles. The Kier molecular flexibility index (Phi) is 4.76. The molecule has 0 spiro atoms. The van der Waals surface area contributed by atoms with Crippen molar-refractivity contribution in [3.63, 3.8) is 0 Å². The van der Waals surface area contributed by atoms with Crippen LogP contribution in [0, 0.1) is 0 Å². The quantitative estimate of drug-likeness (QED) is 0.593. The lowest BCUT2D eigenvalue weighted by molar-refractivity contribution is -0.107. The van der Waals surface area contributed by atoms with Crippen molar-refractivity contribution < 1.29 is 19.7 Å². The Balaban J connectivity index is 1.51. The predicted molar refractivity (Wildman–Crippen MR) is 101 cm³/mol. The summed E-state index contributed by atoms with van der Waals surface area (Å²) in [6.45, 7) is 4.00. The fraction of sp³-hybridized carbons (Fsp3) is 0.421. The van der Waals surface area contributed by atoms with Crippen molar-refractivity contribution >= 4 is 17.0 Å².